The van der Waals surface area contributed by atoms with Crippen molar-refractivity contribution in [1.82, 2.24) is 0 Å². The SMILES string of the molecule is ICCOCCOCCOCCCCCOC1CCCCO1.OCCOCCOCCOCCCCCOC1CCCCO1. The number of aliphatic hydroxyl groups excluding tert-OH is 1. The zero-order valence-electron chi connectivity index (χ0n) is 27.3. The monoisotopic (exact) mass is 750 g/mol. The zero-order chi connectivity index (χ0) is 31.4. The molecule has 0 aromatic rings. The van der Waals surface area contributed by atoms with Gasteiger partial charge < -0.3 is 52.5 Å². The first kappa shape index (κ1) is 42.3. The van der Waals surface area contributed by atoms with E-state index in [0.717, 1.165) is 108 Å². The van der Waals surface area contributed by atoms with Gasteiger partial charge in [-0.25, -0.2) is 0 Å². The molecule has 0 saturated carbocycles. The van der Waals surface area contributed by atoms with Gasteiger partial charge in [0.2, 0.25) is 0 Å². The van der Waals surface area contributed by atoms with Gasteiger partial charge in [-0.3, -0.25) is 0 Å². The van der Waals surface area contributed by atoms with E-state index >= 15 is 0 Å². The average molecular weight is 751 g/mol. The van der Waals surface area contributed by atoms with Crippen LogP contribution in [0.15, 0.2) is 0 Å². The fourth-order valence-electron chi connectivity index (χ4n) is 4.28. The van der Waals surface area contributed by atoms with Gasteiger partial charge in [0.15, 0.2) is 12.6 Å². The Hall–Kier alpha value is 0.290. The molecule has 0 radical (unpaired) electrons. The van der Waals surface area contributed by atoms with Crippen LogP contribution < -0.4 is 0 Å². The van der Waals surface area contributed by atoms with Gasteiger partial charge in [0, 0.05) is 44.1 Å². The van der Waals surface area contributed by atoms with E-state index in [1.165, 1.54) is 19.3 Å². The van der Waals surface area contributed by atoms with E-state index in [1.807, 2.05) is 0 Å². The lowest BCUT2D eigenvalue weighted by Gasteiger charge is -2.22. The van der Waals surface area contributed by atoms with Crippen molar-refractivity contribution < 1.29 is 52.5 Å². The molecule has 2 saturated heterocycles. The van der Waals surface area contributed by atoms with Crippen molar-refractivity contribution in [2.75, 3.05) is 117 Å². The lowest BCUT2D eigenvalue weighted by atomic mass is 10.2. The minimum atomic E-state index is 0.0310. The third-order valence-electron chi connectivity index (χ3n) is 6.69. The minimum absolute atomic E-state index is 0.0310. The Labute approximate surface area is 280 Å². The molecule has 2 unspecified atom stereocenters. The van der Waals surface area contributed by atoms with Crippen molar-refractivity contribution in [3.8, 4) is 0 Å². The molecule has 0 aliphatic carbocycles. The molecule has 0 aromatic carbocycles. The number of hydrogen-bond acceptors (Lipinski definition) is 11. The molecule has 2 atom stereocenters. The van der Waals surface area contributed by atoms with Gasteiger partial charge in [0.25, 0.3) is 0 Å². The second-order valence-corrected chi connectivity index (χ2v) is 11.6. The summed E-state index contributed by atoms with van der Waals surface area (Å²) in [6, 6.07) is 0. The average Bonchev–Trinajstić information content (AvgIpc) is 3.06. The summed E-state index contributed by atoms with van der Waals surface area (Å²) in [5.41, 5.74) is 0. The number of alkyl halides is 1. The maximum atomic E-state index is 8.51. The van der Waals surface area contributed by atoms with Gasteiger partial charge in [0.05, 0.1) is 72.7 Å². The number of ether oxygens (including phenoxy) is 10. The molecule has 0 aromatic heterocycles. The molecule has 2 rings (SSSR count). The Morgan fingerprint density at radius 2 is 0.841 bits per heavy atom. The maximum absolute atomic E-state index is 8.51. The number of hydrogen-bond donors (Lipinski definition) is 1. The summed E-state index contributed by atoms with van der Waals surface area (Å²) in [5, 5.41) is 8.51. The van der Waals surface area contributed by atoms with Crippen molar-refractivity contribution in [2.24, 2.45) is 0 Å². The maximum Gasteiger partial charge on any atom is 0.157 e. The first-order valence-electron chi connectivity index (χ1n) is 17.0. The normalized spacial score (nSPS) is 18.7. The Morgan fingerprint density at radius 3 is 1.23 bits per heavy atom. The van der Waals surface area contributed by atoms with E-state index < -0.39 is 0 Å². The van der Waals surface area contributed by atoms with E-state index in [9.17, 15) is 0 Å². The lowest BCUT2D eigenvalue weighted by Crippen LogP contribution is -2.22. The molecule has 2 aliphatic rings. The summed E-state index contributed by atoms with van der Waals surface area (Å²) in [4.78, 5) is 0. The van der Waals surface area contributed by atoms with Crippen LogP contribution in [0.5, 0.6) is 0 Å². The Kier molecular flexibility index (Phi) is 34.7. The van der Waals surface area contributed by atoms with Crippen molar-refractivity contribution in [3.05, 3.63) is 0 Å². The van der Waals surface area contributed by atoms with Gasteiger partial charge in [0.1, 0.15) is 0 Å². The molecule has 2 heterocycles. The molecule has 11 nitrogen and oxygen atoms in total. The molecule has 12 heteroatoms. The fraction of sp³-hybridized carbons (Fsp3) is 1.00. The highest BCUT2D eigenvalue weighted by Crippen LogP contribution is 2.15. The zero-order valence-corrected chi connectivity index (χ0v) is 29.4. The van der Waals surface area contributed by atoms with Crippen molar-refractivity contribution >= 4 is 22.6 Å². The van der Waals surface area contributed by atoms with E-state index in [0.29, 0.717) is 59.5 Å². The third kappa shape index (κ3) is 30.9. The second kappa shape index (κ2) is 36.1. The smallest absolute Gasteiger partial charge is 0.157 e. The van der Waals surface area contributed by atoms with Crippen LogP contribution in [0.1, 0.15) is 77.0 Å². The van der Waals surface area contributed by atoms with Crippen LogP contribution >= 0.6 is 22.6 Å². The van der Waals surface area contributed by atoms with Gasteiger partial charge in [-0.2, -0.15) is 0 Å². The first-order chi connectivity index (χ1) is 21.9. The molecule has 0 bridgehead atoms. The topological polar surface area (TPSA) is 113 Å². The Bertz CT molecular complexity index is 492. The Morgan fingerprint density at radius 1 is 0.455 bits per heavy atom. The van der Waals surface area contributed by atoms with Crippen molar-refractivity contribution in [1.29, 1.82) is 0 Å². The molecular formula is C32H63IO11. The number of rotatable bonds is 30. The highest BCUT2D eigenvalue weighted by Gasteiger charge is 2.14. The molecule has 0 amide bonds. The largest absolute Gasteiger partial charge is 0.394 e. The van der Waals surface area contributed by atoms with Crippen LogP contribution in [-0.2, 0) is 47.4 Å². The fourth-order valence-corrected chi connectivity index (χ4v) is 4.60. The molecule has 1 N–H and O–H groups in total. The summed E-state index contributed by atoms with van der Waals surface area (Å²) < 4.78 is 55.6. The lowest BCUT2D eigenvalue weighted by molar-refractivity contribution is -0.163. The molecular weight excluding hydrogens is 687 g/mol. The van der Waals surface area contributed by atoms with Gasteiger partial charge in [-0.1, -0.05) is 22.6 Å². The molecule has 2 fully saturated rings. The van der Waals surface area contributed by atoms with Crippen LogP contribution in [0.4, 0.5) is 0 Å². The summed E-state index contributed by atoms with van der Waals surface area (Å²) in [5.74, 6) is 0. The molecule has 2 aliphatic heterocycles. The van der Waals surface area contributed by atoms with Crippen LogP contribution in [0, 0.1) is 0 Å². The van der Waals surface area contributed by atoms with E-state index in [-0.39, 0.29) is 19.2 Å². The van der Waals surface area contributed by atoms with Gasteiger partial charge in [-0.15, -0.1) is 0 Å². The second-order valence-electron chi connectivity index (χ2n) is 10.5. The minimum Gasteiger partial charge on any atom is -0.394 e. The number of unbranched alkanes of at least 4 members (excludes halogenated alkanes) is 4. The third-order valence-corrected chi connectivity index (χ3v) is 7.13. The number of aliphatic hydroxyl groups is 1. The standard InChI is InChI=1S/C16H31IO5.C16H32O6/c2*17-7-11-19-13-15-20-14-12-18-8-3-1-4-9-21-16-6-2-5-10-22-16/h16H,1-15H2;16-17H,1-15H2. The van der Waals surface area contributed by atoms with Crippen LogP contribution in [0.25, 0.3) is 0 Å². The summed E-state index contributed by atoms with van der Waals surface area (Å²) in [7, 11) is 0. The highest BCUT2D eigenvalue weighted by molar-refractivity contribution is 14.1. The predicted octanol–water partition coefficient (Wildman–Crippen LogP) is 4.93. The van der Waals surface area contributed by atoms with E-state index in [4.69, 9.17) is 52.5 Å². The summed E-state index contributed by atoms with van der Waals surface area (Å²) in [6.45, 7) is 11.0. The quantitative estimate of drug-likeness (QED) is 0.0614. The predicted molar refractivity (Wildman–Crippen MR) is 178 cm³/mol. The van der Waals surface area contributed by atoms with Crippen LogP contribution in [0.2, 0.25) is 0 Å². The van der Waals surface area contributed by atoms with E-state index in [1.54, 1.807) is 0 Å². The van der Waals surface area contributed by atoms with Gasteiger partial charge >= 0.3 is 0 Å². The van der Waals surface area contributed by atoms with Crippen LogP contribution in [0.3, 0.4) is 0 Å². The van der Waals surface area contributed by atoms with Crippen molar-refractivity contribution in [3.63, 3.8) is 0 Å². The van der Waals surface area contributed by atoms with Crippen molar-refractivity contribution in [2.45, 2.75) is 89.6 Å². The summed E-state index contributed by atoms with van der Waals surface area (Å²) in [6.07, 6.45) is 13.5. The number of halogens is 1. The Balaban J connectivity index is 0.000000440. The highest BCUT2D eigenvalue weighted by atomic mass is 127. The molecule has 264 valence electrons. The van der Waals surface area contributed by atoms with E-state index in [2.05, 4.69) is 22.6 Å². The van der Waals surface area contributed by atoms with Gasteiger partial charge in [-0.05, 0) is 77.0 Å². The molecule has 0 spiro atoms. The van der Waals surface area contributed by atoms with Crippen LogP contribution in [-0.4, -0.2) is 134 Å². The molecule has 44 heavy (non-hydrogen) atoms. The first-order valence-corrected chi connectivity index (χ1v) is 18.5. The summed E-state index contributed by atoms with van der Waals surface area (Å²) >= 11 is 2.29.